The lowest BCUT2D eigenvalue weighted by Gasteiger charge is -2.43. The van der Waals surface area contributed by atoms with Gasteiger partial charge in [0.2, 0.25) is 6.29 Å². The number of likely N-dealkylation sites (tertiary alicyclic amines) is 1. The summed E-state index contributed by atoms with van der Waals surface area (Å²) in [6.07, 6.45) is 8.94. The summed E-state index contributed by atoms with van der Waals surface area (Å²) >= 11 is 0. The zero-order valence-electron chi connectivity index (χ0n) is 17.7. The van der Waals surface area contributed by atoms with Gasteiger partial charge in [-0.2, -0.15) is 0 Å². The van der Waals surface area contributed by atoms with E-state index in [1.54, 1.807) is 0 Å². The van der Waals surface area contributed by atoms with Gasteiger partial charge in [0.15, 0.2) is 5.76 Å². The molecule has 5 heteroatoms. The molecule has 2 aliphatic heterocycles. The summed E-state index contributed by atoms with van der Waals surface area (Å²) in [4.78, 5) is 15.2. The summed E-state index contributed by atoms with van der Waals surface area (Å²) in [5.74, 6) is 0.773. The number of ether oxygens (including phenoxy) is 2. The highest BCUT2D eigenvalue weighted by molar-refractivity contribution is 5.91. The van der Waals surface area contributed by atoms with Crippen LogP contribution >= 0.6 is 0 Å². The van der Waals surface area contributed by atoms with E-state index in [1.165, 1.54) is 19.3 Å². The molecule has 5 nitrogen and oxygen atoms in total. The number of aliphatic hydroxyl groups excluding tert-OH is 1. The van der Waals surface area contributed by atoms with Crippen molar-refractivity contribution in [3.63, 3.8) is 0 Å². The van der Waals surface area contributed by atoms with Gasteiger partial charge >= 0.3 is 0 Å². The zero-order valence-corrected chi connectivity index (χ0v) is 17.7. The molecule has 1 N–H and O–H groups in total. The molecule has 2 heterocycles. The molecule has 0 spiro atoms. The molecule has 0 radical (unpaired) electrons. The number of nitrogens with zero attached hydrogens (tertiary/aromatic N) is 1. The van der Waals surface area contributed by atoms with Gasteiger partial charge in [-0.05, 0) is 50.0 Å². The fraction of sp³-hybridized carbons (Fsp3) is 0.864. The number of aliphatic hydroxyl groups is 1. The van der Waals surface area contributed by atoms with E-state index in [0.717, 1.165) is 32.4 Å². The smallest absolute Gasteiger partial charge is 0.288 e. The van der Waals surface area contributed by atoms with Crippen LogP contribution in [0.25, 0.3) is 0 Å². The third-order valence-corrected chi connectivity index (χ3v) is 5.77. The van der Waals surface area contributed by atoms with Crippen molar-refractivity contribution in [2.75, 3.05) is 26.3 Å². The zero-order chi connectivity index (χ0) is 19.9. The normalized spacial score (nSPS) is 27.4. The van der Waals surface area contributed by atoms with E-state index >= 15 is 0 Å². The van der Waals surface area contributed by atoms with Gasteiger partial charge in [-0.25, -0.2) is 0 Å². The number of hydrogen-bond acceptors (Lipinski definition) is 4. The van der Waals surface area contributed by atoms with Crippen molar-refractivity contribution in [2.45, 2.75) is 78.9 Å². The fourth-order valence-electron chi connectivity index (χ4n) is 4.29. The molecule has 1 fully saturated rings. The van der Waals surface area contributed by atoms with E-state index in [4.69, 9.17) is 9.47 Å². The Morgan fingerprint density at radius 3 is 2.41 bits per heavy atom. The molecule has 3 atom stereocenters. The van der Waals surface area contributed by atoms with Crippen molar-refractivity contribution in [1.29, 1.82) is 0 Å². The third kappa shape index (κ3) is 6.21. The molecule has 0 aromatic rings. The minimum absolute atomic E-state index is 0.0106. The summed E-state index contributed by atoms with van der Waals surface area (Å²) in [7, 11) is 0. The molecule has 0 aromatic heterocycles. The molecule has 0 saturated carbocycles. The van der Waals surface area contributed by atoms with E-state index < -0.39 is 6.29 Å². The average Bonchev–Trinajstić information content (AvgIpc) is 2.58. The number of amides is 1. The Balaban J connectivity index is 2.25. The van der Waals surface area contributed by atoms with Crippen LogP contribution in [0.4, 0.5) is 0 Å². The minimum Gasteiger partial charge on any atom is -0.459 e. The first-order valence-corrected chi connectivity index (χ1v) is 10.8. The number of carbonyl (C=O) groups is 1. The first-order valence-electron chi connectivity index (χ1n) is 10.8. The summed E-state index contributed by atoms with van der Waals surface area (Å²) in [6, 6.07) is 0. The lowest BCUT2D eigenvalue weighted by atomic mass is 9.70. The van der Waals surface area contributed by atoms with Crippen LogP contribution in [0.15, 0.2) is 11.8 Å². The molecule has 1 amide bonds. The molecule has 0 bridgehead atoms. The summed E-state index contributed by atoms with van der Waals surface area (Å²) < 4.78 is 12.0. The molecule has 1 saturated heterocycles. The van der Waals surface area contributed by atoms with E-state index in [9.17, 15) is 9.90 Å². The Labute approximate surface area is 165 Å². The second-order valence-electron chi connectivity index (χ2n) is 8.95. The largest absolute Gasteiger partial charge is 0.459 e. The maximum atomic E-state index is 13.2. The molecule has 27 heavy (non-hydrogen) atoms. The highest BCUT2D eigenvalue weighted by Gasteiger charge is 2.42. The van der Waals surface area contributed by atoms with Crippen molar-refractivity contribution < 1.29 is 19.4 Å². The van der Waals surface area contributed by atoms with Gasteiger partial charge in [0.1, 0.15) is 0 Å². The van der Waals surface area contributed by atoms with Crippen molar-refractivity contribution in [3.8, 4) is 0 Å². The van der Waals surface area contributed by atoms with Gasteiger partial charge in [0, 0.05) is 32.2 Å². The molecular weight excluding hydrogens is 342 g/mol. The topological polar surface area (TPSA) is 59.0 Å². The van der Waals surface area contributed by atoms with E-state index in [2.05, 4.69) is 20.8 Å². The second-order valence-corrected chi connectivity index (χ2v) is 8.95. The minimum atomic E-state index is -0.426. The van der Waals surface area contributed by atoms with Crippen LogP contribution < -0.4 is 0 Å². The fourth-order valence-corrected chi connectivity index (χ4v) is 4.29. The quantitative estimate of drug-likeness (QED) is 0.752. The maximum Gasteiger partial charge on any atom is 0.288 e. The van der Waals surface area contributed by atoms with Crippen molar-refractivity contribution in [1.82, 2.24) is 4.90 Å². The van der Waals surface area contributed by atoms with Crippen LogP contribution in [0.3, 0.4) is 0 Å². The lowest BCUT2D eigenvalue weighted by molar-refractivity contribution is -0.182. The SMILES string of the molecule is CCO[C@H]1OC(C(=O)N2CCCCCCC2)=C[C@@H](C(C)(C)C)[C@@H]1CCCO. The van der Waals surface area contributed by atoms with Crippen molar-refractivity contribution in [2.24, 2.45) is 17.3 Å². The van der Waals surface area contributed by atoms with Gasteiger partial charge in [-0.15, -0.1) is 0 Å². The molecule has 2 rings (SSSR count). The highest BCUT2D eigenvalue weighted by atomic mass is 16.7. The monoisotopic (exact) mass is 381 g/mol. The van der Waals surface area contributed by atoms with Crippen LogP contribution in [-0.2, 0) is 14.3 Å². The number of carbonyl (C=O) groups excluding carboxylic acids is 1. The van der Waals surface area contributed by atoms with Crippen molar-refractivity contribution >= 4 is 5.91 Å². The van der Waals surface area contributed by atoms with E-state index in [-0.39, 0.29) is 29.8 Å². The van der Waals surface area contributed by atoms with Crippen LogP contribution in [-0.4, -0.2) is 48.5 Å². The van der Waals surface area contributed by atoms with Crippen molar-refractivity contribution in [3.05, 3.63) is 11.8 Å². The molecular formula is C22H39NO4. The first-order chi connectivity index (χ1) is 12.9. The van der Waals surface area contributed by atoms with Gasteiger partial charge in [0.25, 0.3) is 5.91 Å². The average molecular weight is 382 g/mol. The van der Waals surface area contributed by atoms with Crippen LogP contribution in [0.5, 0.6) is 0 Å². The second kappa shape index (κ2) is 10.5. The molecule has 0 aliphatic carbocycles. The Kier molecular flexibility index (Phi) is 8.62. The van der Waals surface area contributed by atoms with Gasteiger partial charge in [-0.3, -0.25) is 4.79 Å². The Morgan fingerprint density at radius 1 is 1.22 bits per heavy atom. The number of rotatable bonds is 6. The van der Waals surface area contributed by atoms with E-state index in [1.807, 2.05) is 17.9 Å². The van der Waals surface area contributed by atoms with Gasteiger partial charge < -0.3 is 19.5 Å². The predicted octanol–water partition coefficient (Wildman–Crippen LogP) is 4.11. The summed E-state index contributed by atoms with van der Waals surface area (Å²) in [5, 5.41) is 9.30. The Bertz CT molecular complexity index is 489. The summed E-state index contributed by atoms with van der Waals surface area (Å²) in [5.41, 5.74) is -0.0128. The molecule has 156 valence electrons. The van der Waals surface area contributed by atoms with Crippen LogP contribution in [0.2, 0.25) is 0 Å². The number of allylic oxidation sites excluding steroid dienone is 1. The van der Waals surface area contributed by atoms with Gasteiger partial charge in [-0.1, -0.05) is 40.0 Å². The van der Waals surface area contributed by atoms with Crippen LogP contribution in [0, 0.1) is 17.3 Å². The summed E-state index contributed by atoms with van der Waals surface area (Å²) in [6.45, 7) is 10.9. The lowest BCUT2D eigenvalue weighted by Crippen LogP contribution is -2.44. The van der Waals surface area contributed by atoms with Crippen LogP contribution in [0.1, 0.15) is 72.6 Å². The first kappa shape index (κ1) is 22.2. The predicted molar refractivity (Wildman–Crippen MR) is 107 cm³/mol. The highest BCUT2D eigenvalue weighted by Crippen LogP contribution is 2.43. The molecule has 0 unspecified atom stereocenters. The van der Waals surface area contributed by atoms with Gasteiger partial charge in [0.05, 0.1) is 0 Å². The van der Waals surface area contributed by atoms with E-state index in [0.29, 0.717) is 18.8 Å². The molecule has 0 aromatic carbocycles. The Hall–Kier alpha value is -1.07. The molecule has 2 aliphatic rings. The maximum absolute atomic E-state index is 13.2. The number of hydrogen-bond donors (Lipinski definition) is 1. The Morgan fingerprint density at radius 2 is 1.85 bits per heavy atom. The standard InChI is InChI=1S/C22H39NO4/c1-5-26-21-17(12-11-15-24)18(22(2,3)4)16-19(27-21)20(25)23-13-9-7-6-8-10-14-23/h16-18,21,24H,5-15H2,1-4H3/t17-,18+,21-/m0/s1. The third-order valence-electron chi connectivity index (χ3n) is 5.77.